The van der Waals surface area contributed by atoms with Crippen LogP contribution in [0.2, 0.25) is 0 Å². The number of amides is 2. The van der Waals surface area contributed by atoms with Crippen molar-refractivity contribution in [2.24, 2.45) is 0 Å². The summed E-state index contributed by atoms with van der Waals surface area (Å²) in [6.07, 6.45) is 3.79. The molecule has 0 aliphatic rings. The summed E-state index contributed by atoms with van der Waals surface area (Å²) in [5, 5.41) is 12.2. The van der Waals surface area contributed by atoms with Gasteiger partial charge in [0.2, 0.25) is 0 Å². The molecule has 0 aliphatic heterocycles. The fourth-order valence-electron chi connectivity index (χ4n) is 3.51. The molecule has 0 fully saturated rings. The maximum atomic E-state index is 12.9. The number of carbonyl (C=O) groups excluding carboxylic acids is 1. The van der Waals surface area contributed by atoms with E-state index in [2.05, 4.69) is 12.2 Å². The van der Waals surface area contributed by atoms with Crippen LogP contribution >= 0.6 is 0 Å². The lowest BCUT2D eigenvalue weighted by atomic mass is 10.1. The molecule has 7 nitrogen and oxygen atoms in total. The molecule has 0 aliphatic carbocycles. The van der Waals surface area contributed by atoms with Gasteiger partial charge in [0.15, 0.2) is 6.10 Å². The highest BCUT2D eigenvalue weighted by atomic mass is 16.5. The Morgan fingerprint density at radius 1 is 0.971 bits per heavy atom. The molecule has 1 unspecified atom stereocenters. The summed E-state index contributed by atoms with van der Waals surface area (Å²) in [7, 11) is 0. The summed E-state index contributed by atoms with van der Waals surface area (Å²) in [6, 6.07) is 14.9. The summed E-state index contributed by atoms with van der Waals surface area (Å²) >= 11 is 0. The smallest absolute Gasteiger partial charge is 0.333 e. The number of aliphatic carboxylic acids is 1. The number of hydrogen-bond donors (Lipinski definition) is 2. The van der Waals surface area contributed by atoms with Crippen LogP contribution in [0, 0.1) is 6.92 Å². The average Bonchev–Trinajstić information content (AvgIpc) is 2.82. The van der Waals surface area contributed by atoms with Crippen LogP contribution in [0.3, 0.4) is 0 Å². The lowest BCUT2D eigenvalue weighted by Crippen LogP contribution is -2.38. The number of carbonyl (C=O) groups is 2. The number of rotatable bonds is 15. The number of urea groups is 1. The monoisotopic (exact) mass is 470 g/mol. The molecular weight excluding hydrogens is 432 g/mol. The van der Waals surface area contributed by atoms with Gasteiger partial charge in [-0.2, -0.15) is 0 Å². The van der Waals surface area contributed by atoms with Gasteiger partial charge in [0.05, 0.1) is 6.54 Å². The van der Waals surface area contributed by atoms with Crippen LogP contribution in [0.25, 0.3) is 0 Å². The van der Waals surface area contributed by atoms with Gasteiger partial charge in [0.25, 0.3) is 0 Å². The van der Waals surface area contributed by atoms with Crippen molar-refractivity contribution >= 4 is 17.7 Å². The largest absolute Gasteiger partial charge is 0.492 e. The molecule has 0 saturated heterocycles. The first kappa shape index (κ1) is 27.2. The molecule has 0 aromatic heterocycles. The van der Waals surface area contributed by atoms with Gasteiger partial charge in [-0.1, -0.05) is 56.0 Å². The minimum absolute atomic E-state index is 0.130. The Morgan fingerprint density at radius 3 is 2.29 bits per heavy atom. The van der Waals surface area contributed by atoms with Gasteiger partial charge >= 0.3 is 12.0 Å². The first-order chi connectivity index (χ1) is 16.4. The summed E-state index contributed by atoms with van der Waals surface area (Å²) in [5.41, 5.74) is 2.78. The van der Waals surface area contributed by atoms with Crippen LogP contribution in [-0.2, 0) is 16.0 Å². The number of ether oxygens (including phenoxy) is 2. The number of carboxylic acid groups (broad SMARTS) is 1. The van der Waals surface area contributed by atoms with E-state index in [-0.39, 0.29) is 6.03 Å². The molecule has 0 bridgehead atoms. The molecule has 0 saturated carbocycles. The quantitative estimate of drug-likeness (QED) is 0.335. The summed E-state index contributed by atoms with van der Waals surface area (Å²) < 4.78 is 11.1. The van der Waals surface area contributed by atoms with Crippen LogP contribution in [-0.4, -0.2) is 54.4 Å². The van der Waals surface area contributed by atoms with Crippen molar-refractivity contribution in [1.82, 2.24) is 4.90 Å². The maximum Gasteiger partial charge on any atom is 0.333 e. The zero-order valence-corrected chi connectivity index (χ0v) is 20.6. The third-order valence-corrected chi connectivity index (χ3v) is 5.49. The van der Waals surface area contributed by atoms with Gasteiger partial charge in [-0.25, -0.2) is 9.59 Å². The molecule has 0 heterocycles. The Bertz CT molecular complexity index is 868. The average molecular weight is 471 g/mol. The Hall–Kier alpha value is -3.06. The Kier molecular flexibility index (Phi) is 12.0. The second-order valence-corrected chi connectivity index (χ2v) is 8.32. The van der Waals surface area contributed by atoms with Crippen molar-refractivity contribution in [2.75, 3.05) is 31.6 Å². The fourth-order valence-corrected chi connectivity index (χ4v) is 3.51. The van der Waals surface area contributed by atoms with Crippen molar-refractivity contribution in [3.63, 3.8) is 0 Å². The molecule has 186 valence electrons. The lowest BCUT2D eigenvalue weighted by molar-refractivity contribution is -0.149. The Morgan fingerprint density at radius 2 is 1.68 bits per heavy atom. The third kappa shape index (κ3) is 9.83. The van der Waals surface area contributed by atoms with E-state index in [1.807, 2.05) is 55.5 Å². The topological polar surface area (TPSA) is 88.1 Å². The van der Waals surface area contributed by atoms with Crippen molar-refractivity contribution < 1.29 is 24.2 Å². The number of nitrogens with one attached hydrogen (secondary N) is 1. The number of hydrogen-bond acceptors (Lipinski definition) is 4. The lowest BCUT2D eigenvalue weighted by Gasteiger charge is -2.23. The summed E-state index contributed by atoms with van der Waals surface area (Å²) in [4.78, 5) is 25.9. The van der Waals surface area contributed by atoms with E-state index < -0.39 is 12.1 Å². The number of anilines is 1. The number of nitrogens with zero attached hydrogens (tertiary/aromatic N) is 1. The zero-order valence-electron chi connectivity index (χ0n) is 20.6. The second kappa shape index (κ2) is 15.0. The van der Waals surface area contributed by atoms with E-state index in [1.54, 1.807) is 11.8 Å². The van der Waals surface area contributed by atoms with Crippen molar-refractivity contribution in [3.05, 3.63) is 59.7 Å². The first-order valence-corrected chi connectivity index (χ1v) is 12.1. The van der Waals surface area contributed by atoms with Crippen LogP contribution < -0.4 is 10.1 Å². The fraction of sp³-hybridized carbons (Fsp3) is 0.481. The third-order valence-electron chi connectivity index (χ3n) is 5.49. The number of benzene rings is 2. The van der Waals surface area contributed by atoms with Gasteiger partial charge in [-0.15, -0.1) is 0 Å². The minimum Gasteiger partial charge on any atom is -0.492 e. The minimum atomic E-state index is -0.967. The van der Waals surface area contributed by atoms with Gasteiger partial charge in [0.1, 0.15) is 12.4 Å². The predicted octanol–water partition coefficient (Wildman–Crippen LogP) is 5.52. The summed E-state index contributed by atoms with van der Waals surface area (Å²) in [6.45, 7) is 7.82. The highest BCUT2D eigenvalue weighted by Crippen LogP contribution is 2.15. The molecule has 1 atom stereocenters. The van der Waals surface area contributed by atoms with Crippen molar-refractivity contribution in [2.45, 2.75) is 59.0 Å². The highest BCUT2D eigenvalue weighted by Gasteiger charge is 2.18. The Labute approximate surface area is 203 Å². The molecule has 2 amide bonds. The molecule has 0 spiro atoms. The van der Waals surface area contributed by atoms with Crippen LogP contribution in [0.15, 0.2) is 48.5 Å². The first-order valence-electron chi connectivity index (χ1n) is 12.1. The van der Waals surface area contributed by atoms with Gasteiger partial charge in [0, 0.05) is 25.3 Å². The molecular formula is C27H38N2O5. The molecule has 7 heteroatoms. The van der Waals surface area contributed by atoms with Crippen LogP contribution in [0.1, 0.15) is 50.7 Å². The van der Waals surface area contributed by atoms with Gasteiger partial charge < -0.3 is 24.8 Å². The van der Waals surface area contributed by atoms with E-state index in [0.717, 1.165) is 42.5 Å². The van der Waals surface area contributed by atoms with Crippen LogP contribution in [0.5, 0.6) is 5.75 Å². The van der Waals surface area contributed by atoms with Crippen molar-refractivity contribution in [3.8, 4) is 5.75 Å². The van der Waals surface area contributed by atoms with E-state index in [0.29, 0.717) is 38.5 Å². The normalized spacial score (nSPS) is 11.6. The van der Waals surface area contributed by atoms with Crippen molar-refractivity contribution in [1.29, 1.82) is 0 Å². The molecule has 2 N–H and O–H groups in total. The van der Waals surface area contributed by atoms with E-state index in [9.17, 15) is 14.7 Å². The maximum absolute atomic E-state index is 12.9. The molecule has 34 heavy (non-hydrogen) atoms. The Balaban J connectivity index is 1.89. The van der Waals surface area contributed by atoms with Crippen LogP contribution in [0.4, 0.5) is 10.5 Å². The van der Waals surface area contributed by atoms with E-state index in [4.69, 9.17) is 9.47 Å². The second-order valence-electron chi connectivity index (χ2n) is 8.32. The highest BCUT2D eigenvalue weighted by molar-refractivity contribution is 5.89. The van der Waals surface area contributed by atoms with Gasteiger partial charge in [-0.05, 0) is 50.1 Å². The van der Waals surface area contributed by atoms with Gasteiger partial charge in [-0.3, -0.25) is 0 Å². The molecule has 2 rings (SSSR count). The SMILES string of the molecule is CCCCCCN(CCOc1ccc(CC(OCC)C(=O)O)cc1)C(=O)Nc1ccc(C)cc1. The number of unbranched alkanes of at least 4 members (excludes halogenated alkanes) is 3. The number of aryl methyl sites for hydroxylation is 1. The van der Waals surface area contributed by atoms with E-state index >= 15 is 0 Å². The predicted molar refractivity (Wildman–Crippen MR) is 135 cm³/mol. The number of carboxylic acids is 1. The zero-order chi connectivity index (χ0) is 24.8. The molecule has 0 radical (unpaired) electrons. The van der Waals surface area contributed by atoms with E-state index in [1.165, 1.54) is 0 Å². The molecule has 2 aromatic rings. The summed E-state index contributed by atoms with van der Waals surface area (Å²) in [5.74, 6) is -0.290. The molecule has 2 aromatic carbocycles. The standard InChI is InChI=1S/C27H38N2O5/c1-4-6-7-8-17-29(27(32)28-23-13-9-21(3)10-14-23)18-19-34-24-15-11-22(12-16-24)20-25(26(30)31)33-5-2/h9-16,25H,4-8,17-20H2,1-3H3,(H,28,32)(H,30,31).